The third kappa shape index (κ3) is 1.48. The summed E-state index contributed by atoms with van der Waals surface area (Å²) in [5.41, 5.74) is 1.47. The van der Waals surface area contributed by atoms with E-state index in [1.807, 2.05) is 6.07 Å². The molecule has 1 aromatic rings. The summed E-state index contributed by atoms with van der Waals surface area (Å²) in [6, 6.07) is 10.5. The van der Waals surface area contributed by atoms with E-state index in [0.29, 0.717) is 5.92 Å². The Kier molecular flexibility index (Phi) is 1.91. The molecule has 1 aliphatic rings. The van der Waals surface area contributed by atoms with Gasteiger partial charge in [0.15, 0.2) is 0 Å². The number of benzene rings is 1. The Morgan fingerprint density at radius 3 is 2.62 bits per heavy atom. The molecule has 0 N–H and O–H groups in total. The van der Waals surface area contributed by atoms with Crippen LogP contribution in [0.1, 0.15) is 24.8 Å². The highest BCUT2D eigenvalue weighted by atomic mass is 15.2. The summed E-state index contributed by atoms with van der Waals surface area (Å²) in [4.78, 5) is 0. The van der Waals surface area contributed by atoms with Gasteiger partial charge in [-0.05, 0) is 18.9 Å². The van der Waals surface area contributed by atoms with Crippen molar-refractivity contribution >= 4 is 0 Å². The Morgan fingerprint density at radius 1 is 1.31 bits per heavy atom. The summed E-state index contributed by atoms with van der Waals surface area (Å²) < 4.78 is 0. The lowest BCUT2D eigenvalue weighted by atomic mass is 10.1. The summed E-state index contributed by atoms with van der Waals surface area (Å²) in [7, 11) is 1.74. The molecule has 2 nitrogen and oxygen atoms in total. The normalized spacial score (nSPS) is 32.3. The van der Waals surface area contributed by atoms with Crippen molar-refractivity contribution in [2.75, 3.05) is 7.05 Å². The molecule has 1 aromatic carbocycles. The van der Waals surface area contributed by atoms with Crippen LogP contribution in [-0.2, 0) is 0 Å². The minimum atomic E-state index is 0.0795. The second-order valence-corrected chi connectivity index (χ2v) is 3.82. The van der Waals surface area contributed by atoms with Gasteiger partial charge in [0.25, 0.3) is 0 Å². The maximum Gasteiger partial charge on any atom is 0.0863 e. The Morgan fingerprint density at radius 2 is 2.00 bits per heavy atom. The molecule has 0 aromatic heterocycles. The number of nitrogens with zero attached hydrogens (tertiary/aromatic N) is 2. The van der Waals surface area contributed by atoms with Crippen molar-refractivity contribution in [2.45, 2.75) is 24.8 Å². The van der Waals surface area contributed by atoms with E-state index < -0.39 is 0 Å². The lowest BCUT2D eigenvalue weighted by Crippen LogP contribution is -1.99. The van der Waals surface area contributed by atoms with Crippen LogP contribution in [0.5, 0.6) is 0 Å². The number of hydrogen-bond acceptors (Lipinski definition) is 2. The predicted molar refractivity (Wildman–Crippen MR) is 53.0 cm³/mol. The number of hydrogen-bond donors (Lipinski definition) is 0. The van der Waals surface area contributed by atoms with Gasteiger partial charge in [-0.1, -0.05) is 30.3 Å². The van der Waals surface area contributed by atoms with E-state index in [0.717, 1.165) is 6.42 Å². The van der Waals surface area contributed by atoms with E-state index in [2.05, 4.69) is 41.4 Å². The van der Waals surface area contributed by atoms with Crippen molar-refractivity contribution in [3.63, 3.8) is 0 Å². The Balaban J connectivity index is 2.16. The third-order valence-corrected chi connectivity index (χ3v) is 2.74. The fourth-order valence-corrected chi connectivity index (χ4v) is 1.86. The standard InChI is InChI=1S/C11H14N2/c1-11(13-12-2)8-10(11)9-6-4-3-5-7-9/h3-7,10H,8H2,1-2H3/t10-,11-/m1/s1. The first kappa shape index (κ1) is 8.42. The molecular weight excluding hydrogens is 160 g/mol. The van der Waals surface area contributed by atoms with Gasteiger partial charge >= 0.3 is 0 Å². The Hall–Kier alpha value is -1.18. The Bertz CT molecular complexity index is 318. The number of azo groups is 1. The van der Waals surface area contributed by atoms with Gasteiger partial charge in [-0.2, -0.15) is 10.2 Å². The van der Waals surface area contributed by atoms with Gasteiger partial charge in [0.2, 0.25) is 0 Å². The SMILES string of the molecule is CN=N[C@]1(C)C[C@@H]1c1ccccc1. The molecule has 2 rings (SSSR count). The smallest absolute Gasteiger partial charge is 0.0863 e. The van der Waals surface area contributed by atoms with Crippen LogP contribution in [0, 0.1) is 0 Å². The highest BCUT2D eigenvalue weighted by molar-refractivity contribution is 5.32. The van der Waals surface area contributed by atoms with E-state index in [9.17, 15) is 0 Å². The molecule has 68 valence electrons. The molecule has 1 saturated carbocycles. The van der Waals surface area contributed by atoms with Crippen LogP contribution in [0.3, 0.4) is 0 Å². The van der Waals surface area contributed by atoms with E-state index in [1.54, 1.807) is 7.05 Å². The fourth-order valence-electron chi connectivity index (χ4n) is 1.86. The first-order valence-electron chi connectivity index (χ1n) is 4.62. The van der Waals surface area contributed by atoms with Gasteiger partial charge in [-0.3, -0.25) is 0 Å². The zero-order valence-corrected chi connectivity index (χ0v) is 8.07. The zero-order chi connectivity index (χ0) is 9.31. The van der Waals surface area contributed by atoms with Crippen molar-refractivity contribution in [1.82, 2.24) is 0 Å². The molecule has 1 aliphatic carbocycles. The van der Waals surface area contributed by atoms with E-state index in [1.165, 1.54) is 5.56 Å². The molecule has 0 bridgehead atoms. The second kappa shape index (κ2) is 2.95. The lowest BCUT2D eigenvalue weighted by molar-refractivity contribution is 0.678. The molecule has 0 amide bonds. The van der Waals surface area contributed by atoms with Gasteiger partial charge in [0, 0.05) is 13.0 Å². The third-order valence-electron chi connectivity index (χ3n) is 2.74. The van der Waals surface area contributed by atoms with Crippen molar-refractivity contribution in [3.8, 4) is 0 Å². The van der Waals surface area contributed by atoms with Gasteiger partial charge in [0.1, 0.15) is 0 Å². The monoisotopic (exact) mass is 174 g/mol. The molecule has 2 atom stereocenters. The molecule has 2 heteroatoms. The molecule has 13 heavy (non-hydrogen) atoms. The summed E-state index contributed by atoms with van der Waals surface area (Å²) in [6.07, 6.45) is 1.13. The molecular formula is C11H14N2. The average Bonchev–Trinajstić information content (AvgIpc) is 2.80. The van der Waals surface area contributed by atoms with Crippen LogP contribution in [0.4, 0.5) is 0 Å². The molecule has 0 spiro atoms. The van der Waals surface area contributed by atoms with Crippen LogP contribution >= 0.6 is 0 Å². The molecule has 0 heterocycles. The average molecular weight is 174 g/mol. The summed E-state index contributed by atoms with van der Waals surface area (Å²) in [5, 5.41) is 8.12. The van der Waals surface area contributed by atoms with Gasteiger partial charge < -0.3 is 0 Å². The largest absolute Gasteiger partial charge is 0.197 e. The second-order valence-electron chi connectivity index (χ2n) is 3.82. The van der Waals surface area contributed by atoms with Crippen LogP contribution in [0.2, 0.25) is 0 Å². The molecule has 1 fully saturated rings. The van der Waals surface area contributed by atoms with Crippen molar-refractivity contribution in [3.05, 3.63) is 35.9 Å². The van der Waals surface area contributed by atoms with Gasteiger partial charge in [-0.25, -0.2) is 0 Å². The lowest BCUT2D eigenvalue weighted by Gasteiger charge is -2.02. The predicted octanol–water partition coefficient (Wildman–Crippen LogP) is 3.01. The summed E-state index contributed by atoms with van der Waals surface area (Å²) in [6.45, 7) is 2.16. The molecule has 0 saturated heterocycles. The van der Waals surface area contributed by atoms with E-state index in [4.69, 9.17) is 0 Å². The quantitative estimate of drug-likeness (QED) is 0.616. The number of rotatable bonds is 2. The molecule has 0 unspecified atom stereocenters. The van der Waals surface area contributed by atoms with Crippen LogP contribution in [-0.4, -0.2) is 12.6 Å². The minimum Gasteiger partial charge on any atom is -0.197 e. The van der Waals surface area contributed by atoms with E-state index in [-0.39, 0.29) is 5.54 Å². The fraction of sp³-hybridized carbons (Fsp3) is 0.455. The maximum absolute atomic E-state index is 4.25. The topological polar surface area (TPSA) is 24.7 Å². The van der Waals surface area contributed by atoms with Crippen molar-refractivity contribution in [2.24, 2.45) is 10.2 Å². The summed E-state index contributed by atoms with van der Waals surface area (Å²) in [5.74, 6) is 0.581. The first-order chi connectivity index (χ1) is 6.26. The highest BCUT2D eigenvalue weighted by Crippen LogP contribution is 2.54. The first-order valence-corrected chi connectivity index (χ1v) is 4.62. The summed E-state index contributed by atoms with van der Waals surface area (Å²) >= 11 is 0. The molecule has 0 radical (unpaired) electrons. The maximum atomic E-state index is 4.25. The van der Waals surface area contributed by atoms with Crippen molar-refractivity contribution < 1.29 is 0 Å². The zero-order valence-electron chi connectivity index (χ0n) is 8.07. The highest BCUT2D eigenvalue weighted by Gasteiger charge is 2.51. The van der Waals surface area contributed by atoms with Gasteiger partial charge in [0.05, 0.1) is 5.54 Å². The Labute approximate surface area is 78.7 Å². The minimum absolute atomic E-state index is 0.0795. The molecule has 0 aliphatic heterocycles. The van der Waals surface area contributed by atoms with Crippen LogP contribution < -0.4 is 0 Å². The van der Waals surface area contributed by atoms with Crippen molar-refractivity contribution in [1.29, 1.82) is 0 Å². The van der Waals surface area contributed by atoms with Crippen LogP contribution in [0.15, 0.2) is 40.6 Å². The van der Waals surface area contributed by atoms with Crippen LogP contribution in [0.25, 0.3) is 0 Å². The van der Waals surface area contributed by atoms with Gasteiger partial charge in [-0.15, -0.1) is 0 Å². The van der Waals surface area contributed by atoms with E-state index >= 15 is 0 Å².